The highest BCUT2D eigenvalue weighted by Gasteiger charge is 2.23. The largest absolute Gasteiger partial charge is 0.381 e. The lowest BCUT2D eigenvalue weighted by atomic mass is 9.87. The highest BCUT2D eigenvalue weighted by molar-refractivity contribution is 5.78. The number of hydrogen-bond donors (Lipinski definition) is 1. The van der Waals surface area contributed by atoms with E-state index in [9.17, 15) is 4.79 Å². The van der Waals surface area contributed by atoms with Gasteiger partial charge in [0.05, 0.1) is 12.5 Å². The Morgan fingerprint density at radius 1 is 1.19 bits per heavy atom. The van der Waals surface area contributed by atoms with Crippen molar-refractivity contribution in [2.45, 2.75) is 44.9 Å². The summed E-state index contributed by atoms with van der Waals surface area (Å²) in [4.78, 5) is 11.7. The van der Waals surface area contributed by atoms with E-state index in [0.717, 1.165) is 25.5 Å². The van der Waals surface area contributed by atoms with Crippen molar-refractivity contribution in [1.29, 1.82) is 0 Å². The third kappa shape index (κ3) is 3.48. The number of carbonyl (C=O) groups is 1. The number of rotatable bonds is 4. The van der Waals surface area contributed by atoms with Crippen LogP contribution in [-0.4, -0.2) is 25.7 Å². The summed E-state index contributed by atoms with van der Waals surface area (Å²) in [6.07, 6.45) is 8.96. The van der Waals surface area contributed by atoms with E-state index in [-0.39, 0.29) is 11.8 Å². The van der Waals surface area contributed by atoms with Gasteiger partial charge in [-0.25, -0.2) is 0 Å². The first-order valence-electron chi connectivity index (χ1n) is 6.71. The molecule has 1 aliphatic heterocycles. The summed E-state index contributed by atoms with van der Waals surface area (Å²) >= 11 is 0. The minimum absolute atomic E-state index is 0.117. The molecular formula is C13H23NO2. The Labute approximate surface area is 97.9 Å². The molecule has 2 rings (SSSR count). The lowest BCUT2D eigenvalue weighted by Gasteiger charge is -2.21. The van der Waals surface area contributed by atoms with Crippen molar-refractivity contribution >= 4 is 5.91 Å². The van der Waals surface area contributed by atoms with E-state index in [1.807, 2.05) is 0 Å². The van der Waals surface area contributed by atoms with E-state index in [4.69, 9.17) is 4.74 Å². The molecule has 2 fully saturated rings. The molecule has 16 heavy (non-hydrogen) atoms. The first kappa shape index (κ1) is 11.9. The second kappa shape index (κ2) is 6.24. The van der Waals surface area contributed by atoms with Crippen molar-refractivity contribution in [3.63, 3.8) is 0 Å². The van der Waals surface area contributed by atoms with Crippen LogP contribution < -0.4 is 5.32 Å². The Kier molecular flexibility index (Phi) is 4.64. The predicted molar refractivity (Wildman–Crippen MR) is 63.1 cm³/mol. The van der Waals surface area contributed by atoms with Crippen molar-refractivity contribution in [1.82, 2.24) is 5.32 Å². The molecule has 0 aromatic rings. The van der Waals surface area contributed by atoms with Crippen molar-refractivity contribution in [3.05, 3.63) is 0 Å². The minimum Gasteiger partial charge on any atom is -0.381 e. The van der Waals surface area contributed by atoms with E-state index < -0.39 is 0 Å². The van der Waals surface area contributed by atoms with Crippen molar-refractivity contribution in [3.8, 4) is 0 Å². The van der Waals surface area contributed by atoms with E-state index in [1.54, 1.807) is 0 Å². The van der Waals surface area contributed by atoms with Crippen LogP contribution in [0.25, 0.3) is 0 Å². The molecule has 0 radical (unpaired) electrons. The average Bonchev–Trinajstić information content (AvgIpc) is 2.84. The molecule has 1 atom stereocenters. The van der Waals surface area contributed by atoms with Gasteiger partial charge in [0.1, 0.15) is 0 Å². The smallest absolute Gasteiger partial charge is 0.225 e. The van der Waals surface area contributed by atoms with Crippen LogP contribution >= 0.6 is 0 Å². The minimum atomic E-state index is 0.117. The Morgan fingerprint density at radius 2 is 2.00 bits per heavy atom. The Bertz CT molecular complexity index is 218. The van der Waals surface area contributed by atoms with Crippen molar-refractivity contribution < 1.29 is 9.53 Å². The molecule has 0 spiro atoms. The zero-order valence-corrected chi connectivity index (χ0v) is 10.0. The summed E-state index contributed by atoms with van der Waals surface area (Å²) in [5.41, 5.74) is 0. The number of hydrogen-bond acceptors (Lipinski definition) is 2. The molecule has 0 bridgehead atoms. The quantitative estimate of drug-likeness (QED) is 0.795. The summed E-state index contributed by atoms with van der Waals surface area (Å²) in [7, 11) is 0. The van der Waals surface area contributed by atoms with E-state index in [0.29, 0.717) is 6.61 Å². The van der Waals surface area contributed by atoms with Crippen LogP contribution in [0.2, 0.25) is 0 Å². The second-order valence-corrected chi connectivity index (χ2v) is 5.14. The molecule has 92 valence electrons. The highest BCUT2D eigenvalue weighted by atomic mass is 16.5. The van der Waals surface area contributed by atoms with Crippen LogP contribution in [0.3, 0.4) is 0 Å². The molecule has 0 aromatic carbocycles. The maximum atomic E-state index is 11.7. The van der Waals surface area contributed by atoms with Crippen molar-refractivity contribution in [2.24, 2.45) is 11.8 Å². The SMILES string of the molecule is O=C(NCCC1CCCCC1)C1CCOC1. The lowest BCUT2D eigenvalue weighted by molar-refractivity contribution is -0.124. The van der Waals surface area contributed by atoms with Crippen LogP contribution in [0.15, 0.2) is 0 Å². The number of carbonyl (C=O) groups excluding carboxylic acids is 1. The number of nitrogens with one attached hydrogen (secondary N) is 1. The van der Waals surface area contributed by atoms with Gasteiger partial charge in [-0.05, 0) is 18.8 Å². The van der Waals surface area contributed by atoms with Crippen LogP contribution in [0.5, 0.6) is 0 Å². The lowest BCUT2D eigenvalue weighted by Crippen LogP contribution is -2.32. The standard InChI is InChI=1S/C13H23NO2/c15-13(12-7-9-16-10-12)14-8-6-11-4-2-1-3-5-11/h11-12H,1-10H2,(H,14,15). The molecule has 1 amide bonds. The third-order valence-corrected chi connectivity index (χ3v) is 3.88. The molecule has 1 N–H and O–H groups in total. The number of amides is 1. The first-order valence-corrected chi connectivity index (χ1v) is 6.71. The molecular weight excluding hydrogens is 202 g/mol. The van der Waals surface area contributed by atoms with E-state index in [2.05, 4.69) is 5.32 Å². The Morgan fingerprint density at radius 3 is 2.69 bits per heavy atom. The van der Waals surface area contributed by atoms with Gasteiger partial charge >= 0.3 is 0 Å². The van der Waals surface area contributed by atoms with Gasteiger partial charge < -0.3 is 10.1 Å². The van der Waals surface area contributed by atoms with Crippen LogP contribution in [-0.2, 0) is 9.53 Å². The molecule has 3 heteroatoms. The van der Waals surface area contributed by atoms with Crippen LogP contribution in [0.4, 0.5) is 0 Å². The molecule has 1 saturated carbocycles. The van der Waals surface area contributed by atoms with E-state index >= 15 is 0 Å². The number of ether oxygens (including phenoxy) is 1. The molecule has 3 nitrogen and oxygen atoms in total. The molecule has 1 saturated heterocycles. The van der Waals surface area contributed by atoms with Gasteiger partial charge in [0.15, 0.2) is 0 Å². The van der Waals surface area contributed by atoms with Crippen LogP contribution in [0.1, 0.15) is 44.9 Å². The normalized spacial score (nSPS) is 26.9. The Balaban J connectivity index is 1.57. The van der Waals surface area contributed by atoms with Gasteiger partial charge in [-0.15, -0.1) is 0 Å². The summed E-state index contributed by atoms with van der Waals surface area (Å²) in [5, 5.41) is 3.05. The summed E-state index contributed by atoms with van der Waals surface area (Å²) in [5.74, 6) is 1.17. The summed E-state index contributed by atoms with van der Waals surface area (Å²) in [6.45, 7) is 2.23. The molecule has 1 heterocycles. The fourth-order valence-corrected chi connectivity index (χ4v) is 2.76. The molecule has 2 aliphatic rings. The fraction of sp³-hybridized carbons (Fsp3) is 0.923. The van der Waals surface area contributed by atoms with Crippen molar-refractivity contribution in [2.75, 3.05) is 19.8 Å². The topological polar surface area (TPSA) is 38.3 Å². The zero-order chi connectivity index (χ0) is 11.2. The van der Waals surface area contributed by atoms with Gasteiger partial charge in [-0.1, -0.05) is 32.1 Å². The summed E-state index contributed by atoms with van der Waals surface area (Å²) < 4.78 is 5.21. The Hall–Kier alpha value is -0.570. The zero-order valence-electron chi connectivity index (χ0n) is 10.0. The molecule has 1 unspecified atom stereocenters. The van der Waals surface area contributed by atoms with E-state index in [1.165, 1.54) is 38.5 Å². The third-order valence-electron chi connectivity index (χ3n) is 3.88. The van der Waals surface area contributed by atoms with Gasteiger partial charge in [-0.2, -0.15) is 0 Å². The summed E-state index contributed by atoms with van der Waals surface area (Å²) in [6, 6.07) is 0. The fourth-order valence-electron chi connectivity index (χ4n) is 2.76. The maximum Gasteiger partial charge on any atom is 0.225 e. The predicted octanol–water partition coefficient (Wildman–Crippen LogP) is 2.11. The maximum absolute atomic E-state index is 11.7. The first-order chi connectivity index (χ1) is 7.86. The van der Waals surface area contributed by atoms with Gasteiger partial charge in [0.2, 0.25) is 5.91 Å². The average molecular weight is 225 g/mol. The van der Waals surface area contributed by atoms with Gasteiger partial charge in [-0.3, -0.25) is 4.79 Å². The monoisotopic (exact) mass is 225 g/mol. The second-order valence-electron chi connectivity index (χ2n) is 5.14. The van der Waals surface area contributed by atoms with Crippen LogP contribution in [0, 0.1) is 11.8 Å². The highest BCUT2D eigenvalue weighted by Crippen LogP contribution is 2.25. The molecule has 1 aliphatic carbocycles. The van der Waals surface area contributed by atoms with Gasteiger partial charge in [0.25, 0.3) is 0 Å². The van der Waals surface area contributed by atoms with Gasteiger partial charge in [0, 0.05) is 13.2 Å². The molecule has 0 aromatic heterocycles.